The van der Waals surface area contributed by atoms with Crippen molar-refractivity contribution < 1.29 is 4.74 Å². The predicted molar refractivity (Wildman–Crippen MR) is 64.5 cm³/mol. The van der Waals surface area contributed by atoms with Gasteiger partial charge in [0, 0.05) is 11.8 Å². The Hall–Kier alpha value is -1.40. The minimum atomic E-state index is 0.338. The van der Waals surface area contributed by atoms with Crippen LogP contribution in [0.1, 0.15) is 25.0 Å². The Labute approximate surface area is 99.9 Å². The first-order chi connectivity index (χ1) is 8.24. The van der Waals surface area contributed by atoms with Gasteiger partial charge in [0.25, 0.3) is 0 Å². The average Bonchev–Trinajstić information content (AvgIpc) is 2.90. The Morgan fingerprint density at radius 1 is 1.41 bits per heavy atom. The highest BCUT2D eigenvalue weighted by Gasteiger charge is 2.40. The van der Waals surface area contributed by atoms with E-state index in [-0.39, 0.29) is 0 Å². The number of hydrogen-bond acceptors (Lipinski definition) is 6. The molecule has 17 heavy (non-hydrogen) atoms. The van der Waals surface area contributed by atoms with Crippen LogP contribution in [0.3, 0.4) is 0 Å². The number of ether oxygens (including phenoxy) is 1. The molecule has 0 radical (unpaired) electrons. The molecule has 1 aromatic rings. The molecular weight excluding hydrogens is 218 g/mol. The summed E-state index contributed by atoms with van der Waals surface area (Å²) in [6.07, 6.45) is 4.19. The van der Waals surface area contributed by atoms with Crippen LogP contribution in [0.25, 0.3) is 0 Å². The van der Waals surface area contributed by atoms with Gasteiger partial charge in [-0.3, -0.25) is 5.43 Å². The highest BCUT2D eigenvalue weighted by atomic mass is 16.5. The maximum absolute atomic E-state index is 5.80. The predicted octanol–water partition coefficient (Wildman–Crippen LogP) is 0.802. The molecule has 3 rings (SSSR count). The van der Waals surface area contributed by atoms with E-state index >= 15 is 0 Å². The third-order valence-electron chi connectivity index (χ3n) is 3.42. The lowest BCUT2D eigenvalue weighted by molar-refractivity contribution is 0.102. The molecular formula is C11H17N5O. The van der Waals surface area contributed by atoms with Crippen molar-refractivity contribution >= 4 is 11.8 Å². The van der Waals surface area contributed by atoms with Gasteiger partial charge in [0.05, 0.1) is 18.2 Å². The summed E-state index contributed by atoms with van der Waals surface area (Å²) >= 11 is 0. The van der Waals surface area contributed by atoms with Crippen LogP contribution in [0.2, 0.25) is 0 Å². The molecule has 92 valence electrons. The molecule has 6 heteroatoms. The van der Waals surface area contributed by atoms with Gasteiger partial charge < -0.3 is 10.1 Å². The summed E-state index contributed by atoms with van der Waals surface area (Å²) in [6.45, 7) is 1.92. The van der Waals surface area contributed by atoms with E-state index in [9.17, 15) is 0 Å². The van der Waals surface area contributed by atoms with Crippen molar-refractivity contribution in [3.63, 3.8) is 0 Å². The topological polar surface area (TPSA) is 85.1 Å². The summed E-state index contributed by atoms with van der Waals surface area (Å²) in [5, 5.41) is 3.42. The second kappa shape index (κ2) is 4.12. The minimum Gasteiger partial charge on any atom is -0.373 e. The zero-order chi connectivity index (χ0) is 11.8. The van der Waals surface area contributed by atoms with Gasteiger partial charge >= 0.3 is 0 Å². The number of nitrogen functional groups attached to an aromatic ring is 1. The molecule has 2 saturated heterocycles. The summed E-state index contributed by atoms with van der Waals surface area (Å²) in [5.41, 5.74) is 3.36. The number of hydrazine groups is 1. The van der Waals surface area contributed by atoms with Crippen LogP contribution in [0.15, 0.2) is 6.07 Å². The zero-order valence-corrected chi connectivity index (χ0v) is 9.81. The lowest BCUT2D eigenvalue weighted by atomic mass is 9.95. The van der Waals surface area contributed by atoms with Crippen molar-refractivity contribution in [3.8, 4) is 0 Å². The molecule has 2 aliphatic rings. The van der Waals surface area contributed by atoms with Crippen LogP contribution >= 0.6 is 0 Å². The molecule has 0 spiro atoms. The fourth-order valence-corrected chi connectivity index (χ4v) is 2.69. The van der Waals surface area contributed by atoms with Crippen molar-refractivity contribution in [2.45, 2.75) is 44.4 Å². The summed E-state index contributed by atoms with van der Waals surface area (Å²) in [6, 6.07) is 2.29. The maximum Gasteiger partial charge on any atom is 0.239 e. The lowest BCUT2D eigenvalue weighted by Gasteiger charge is -2.20. The number of aromatic nitrogens is 2. The number of nitrogens with two attached hydrogens (primary N) is 1. The van der Waals surface area contributed by atoms with E-state index in [0.717, 1.165) is 24.4 Å². The fourth-order valence-electron chi connectivity index (χ4n) is 2.69. The molecule has 3 heterocycles. The van der Waals surface area contributed by atoms with Gasteiger partial charge in [0.1, 0.15) is 5.82 Å². The molecule has 3 atom stereocenters. The van der Waals surface area contributed by atoms with Gasteiger partial charge in [0.15, 0.2) is 0 Å². The number of fused-ring (bicyclic) bond motifs is 2. The van der Waals surface area contributed by atoms with Crippen LogP contribution in [0.4, 0.5) is 11.8 Å². The molecule has 2 bridgehead atoms. The molecule has 3 unspecified atom stereocenters. The van der Waals surface area contributed by atoms with Gasteiger partial charge in [-0.05, 0) is 26.2 Å². The second-order valence-corrected chi connectivity index (χ2v) is 4.72. The second-order valence-electron chi connectivity index (χ2n) is 4.72. The first-order valence-corrected chi connectivity index (χ1v) is 5.99. The van der Waals surface area contributed by atoms with E-state index < -0.39 is 0 Å². The van der Waals surface area contributed by atoms with Crippen LogP contribution in [0, 0.1) is 6.92 Å². The van der Waals surface area contributed by atoms with Crippen LogP contribution in [0.5, 0.6) is 0 Å². The molecule has 1 aromatic heterocycles. The van der Waals surface area contributed by atoms with Gasteiger partial charge in [-0.15, -0.1) is 0 Å². The van der Waals surface area contributed by atoms with Crippen molar-refractivity contribution in [1.82, 2.24) is 9.97 Å². The minimum absolute atomic E-state index is 0.338. The van der Waals surface area contributed by atoms with Gasteiger partial charge in [-0.2, -0.15) is 4.98 Å². The van der Waals surface area contributed by atoms with Crippen molar-refractivity contribution in [2.75, 3.05) is 10.7 Å². The smallest absolute Gasteiger partial charge is 0.239 e. The Kier molecular flexibility index (Phi) is 2.60. The Morgan fingerprint density at radius 2 is 2.29 bits per heavy atom. The molecule has 0 aromatic carbocycles. The largest absolute Gasteiger partial charge is 0.373 e. The molecule has 0 amide bonds. The molecule has 6 nitrogen and oxygen atoms in total. The standard InChI is InChI=1S/C11H17N5O/c1-6-4-10(15-11(13-6)16-12)14-8-5-7-2-3-9(8)17-7/h4,7-9H,2-3,5,12H2,1H3,(H2,13,14,15,16). The van der Waals surface area contributed by atoms with Gasteiger partial charge in [-0.1, -0.05) is 0 Å². The highest BCUT2D eigenvalue weighted by Crippen LogP contribution is 2.35. The first kappa shape index (κ1) is 10.7. The molecule has 4 N–H and O–H groups in total. The average molecular weight is 235 g/mol. The number of nitrogens with one attached hydrogen (secondary N) is 2. The monoisotopic (exact) mass is 235 g/mol. The van der Waals surface area contributed by atoms with Crippen molar-refractivity contribution in [2.24, 2.45) is 5.84 Å². The summed E-state index contributed by atoms with van der Waals surface area (Å²) in [7, 11) is 0. The number of aryl methyl sites for hydroxylation is 1. The maximum atomic E-state index is 5.80. The lowest BCUT2D eigenvalue weighted by Crippen LogP contribution is -2.31. The zero-order valence-electron chi connectivity index (χ0n) is 9.81. The summed E-state index contributed by atoms with van der Waals surface area (Å²) < 4.78 is 5.80. The third-order valence-corrected chi connectivity index (χ3v) is 3.42. The van der Waals surface area contributed by atoms with Crippen molar-refractivity contribution in [3.05, 3.63) is 11.8 Å². The molecule has 0 saturated carbocycles. The Morgan fingerprint density at radius 3 is 2.94 bits per heavy atom. The molecule has 0 aliphatic carbocycles. The Balaban J connectivity index is 1.74. The number of rotatable bonds is 3. The van der Waals surface area contributed by atoms with Crippen LogP contribution < -0.4 is 16.6 Å². The highest BCUT2D eigenvalue weighted by molar-refractivity contribution is 5.43. The Bertz CT molecular complexity index is 424. The normalized spacial score (nSPS) is 30.6. The van der Waals surface area contributed by atoms with Crippen molar-refractivity contribution in [1.29, 1.82) is 0 Å². The third kappa shape index (κ3) is 2.05. The quantitative estimate of drug-likeness (QED) is 0.531. The van der Waals surface area contributed by atoms with Gasteiger partial charge in [-0.25, -0.2) is 10.8 Å². The van der Waals surface area contributed by atoms with E-state index in [1.807, 2.05) is 13.0 Å². The van der Waals surface area contributed by atoms with Crippen LogP contribution in [-0.2, 0) is 4.74 Å². The summed E-state index contributed by atoms with van der Waals surface area (Å²) in [4.78, 5) is 8.44. The number of hydrogen-bond donors (Lipinski definition) is 3. The molecule has 2 aliphatic heterocycles. The van der Waals surface area contributed by atoms with E-state index in [1.165, 1.54) is 6.42 Å². The van der Waals surface area contributed by atoms with Gasteiger partial charge in [0.2, 0.25) is 5.95 Å². The van der Waals surface area contributed by atoms with Crippen LogP contribution in [-0.4, -0.2) is 28.2 Å². The first-order valence-electron chi connectivity index (χ1n) is 5.99. The number of anilines is 2. The van der Waals surface area contributed by atoms with E-state index in [1.54, 1.807) is 0 Å². The summed E-state index contributed by atoms with van der Waals surface area (Å²) in [5.74, 6) is 6.58. The SMILES string of the molecule is Cc1cc(NC2CC3CCC2O3)nc(NN)n1. The number of nitrogens with zero attached hydrogens (tertiary/aromatic N) is 2. The fraction of sp³-hybridized carbons (Fsp3) is 0.636. The van der Waals surface area contributed by atoms with E-state index in [0.29, 0.717) is 24.2 Å². The van der Waals surface area contributed by atoms with E-state index in [2.05, 4.69) is 20.7 Å². The van der Waals surface area contributed by atoms with E-state index in [4.69, 9.17) is 10.6 Å². The molecule has 2 fully saturated rings.